The number of fused-ring (bicyclic) bond motifs is 5. The predicted molar refractivity (Wildman–Crippen MR) is 120 cm³/mol. The van der Waals surface area contributed by atoms with Crippen molar-refractivity contribution in [1.82, 2.24) is 0 Å². The Morgan fingerprint density at radius 3 is 2.42 bits per heavy atom. The molecule has 1 unspecified atom stereocenters. The van der Waals surface area contributed by atoms with Gasteiger partial charge in [-0.3, -0.25) is 0 Å². The lowest BCUT2D eigenvalue weighted by Gasteiger charge is -2.65. The van der Waals surface area contributed by atoms with Gasteiger partial charge in [-0.15, -0.1) is 0 Å². The topological polar surface area (TPSA) is 66.5 Å². The second kappa shape index (κ2) is 7.24. The molecule has 0 heterocycles. The zero-order valence-electron chi connectivity index (χ0n) is 20.1. The molecular formula is C26H43F2NO2. The van der Waals surface area contributed by atoms with Crippen LogP contribution in [0.4, 0.5) is 8.78 Å². The first-order chi connectivity index (χ1) is 14.2. The van der Waals surface area contributed by atoms with Crippen LogP contribution in [0.3, 0.4) is 0 Å². The molecule has 4 saturated carbocycles. The summed E-state index contributed by atoms with van der Waals surface area (Å²) in [7, 11) is 0. The van der Waals surface area contributed by atoms with Crippen molar-refractivity contribution >= 4 is 0 Å². The van der Waals surface area contributed by atoms with Crippen molar-refractivity contribution in [3.8, 4) is 0 Å². The minimum atomic E-state index is -3.09. The van der Waals surface area contributed by atoms with Gasteiger partial charge in [-0.25, -0.2) is 8.78 Å². The number of hydrogen-bond donors (Lipinski definition) is 3. The first-order valence-electron chi connectivity index (χ1n) is 12.4. The molecule has 0 aromatic rings. The maximum absolute atomic E-state index is 14.3. The molecule has 0 radical (unpaired) electrons. The normalized spacial score (nSPS) is 50.3. The van der Waals surface area contributed by atoms with Gasteiger partial charge in [0.2, 0.25) is 0 Å². The van der Waals surface area contributed by atoms with Gasteiger partial charge < -0.3 is 15.9 Å². The summed E-state index contributed by atoms with van der Waals surface area (Å²) in [6.45, 7) is 9.69. The summed E-state index contributed by atoms with van der Waals surface area (Å²) in [4.78, 5) is 0. The van der Waals surface area contributed by atoms with E-state index in [4.69, 9.17) is 5.73 Å². The van der Waals surface area contributed by atoms with Gasteiger partial charge in [0.1, 0.15) is 6.10 Å². The van der Waals surface area contributed by atoms with E-state index in [1.165, 1.54) is 12.5 Å². The summed E-state index contributed by atoms with van der Waals surface area (Å²) < 4.78 is 28.6. The molecule has 4 aliphatic carbocycles. The van der Waals surface area contributed by atoms with Crippen LogP contribution in [0, 0.1) is 28.6 Å². The van der Waals surface area contributed by atoms with E-state index in [2.05, 4.69) is 13.8 Å². The Kier molecular flexibility index (Phi) is 5.52. The highest BCUT2D eigenvalue weighted by molar-refractivity contribution is 5.32. The molecule has 31 heavy (non-hydrogen) atoms. The van der Waals surface area contributed by atoms with Crippen LogP contribution >= 0.6 is 0 Å². The standard InChI is InChI=1S/C26H43F2NO2/c1-16(14-26(27,28)17(2)30)19-6-7-20-24(19,5)10-9-21-23(4)13-12-22(3,31)15-18(23)8-11-25(20,21)29/h17-18,20-21,30-31H,6-15,29H2,1-5H3/b19-16+/t17?,18-,20+,21+,22-,23-,24+,25+/m0/s1. The average molecular weight is 440 g/mol. The molecule has 0 aromatic carbocycles. The van der Waals surface area contributed by atoms with Crippen LogP contribution < -0.4 is 5.73 Å². The van der Waals surface area contributed by atoms with Crippen LogP contribution in [0.5, 0.6) is 0 Å². The molecule has 0 aliphatic heterocycles. The highest BCUT2D eigenvalue weighted by atomic mass is 19.3. The fourth-order valence-electron chi connectivity index (χ4n) is 8.77. The zero-order valence-corrected chi connectivity index (χ0v) is 20.1. The first kappa shape index (κ1) is 23.6. The lowest BCUT2D eigenvalue weighted by atomic mass is 9.41. The Hall–Kier alpha value is -0.520. The second-order valence-corrected chi connectivity index (χ2v) is 12.5. The number of alkyl halides is 2. The van der Waals surface area contributed by atoms with Gasteiger partial charge in [0.25, 0.3) is 5.92 Å². The maximum atomic E-state index is 14.3. The van der Waals surface area contributed by atoms with E-state index in [1.54, 1.807) is 0 Å². The van der Waals surface area contributed by atoms with E-state index >= 15 is 0 Å². The SMILES string of the molecule is C/C(CC(F)(F)C(C)O)=C1/CC[C@H]2[C@]3(N)CC[C@H]4C[C@@](C)(O)CC[C@]4(C)[C@H]3CC[C@]12C. The summed E-state index contributed by atoms with van der Waals surface area (Å²) >= 11 is 0. The van der Waals surface area contributed by atoms with Crippen LogP contribution in [0.25, 0.3) is 0 Å². The molecule has 0 aromatic heterocycles. The number of allylic oxidation sites excluding steroid dienone is 2. The third-order valence-corrected chi connectivity index (χ3v) is 10.6. The van der Waals surface area contributed by atoms with Crippen LogP contribution in [0.15, 0.2) is 11.1 Å². The number of aliphatic hydroxyl groups excluding tert-OH is 1. The van der Waals surface area contributed by atoms with E-state index in [-0.39, 0.29) is 22.8 Å². The van der Waals surface area contributed by atoms with Crippen molar-refractivity contribution in [1.29, 1.82) is 0 Å². The summed E-state index contributed by atoms with van der Waals surface area (Å²) in [5, 5.41) is 20.2. The van der Waals surface area contributed by atoms with Crippen LogP contribution in [0.1, 0.15) is 98.8 Å². The molecule has 4 rings (SSSR count). The fraction of sp³-hybridized carbons (Fsp3) is 0.923. The molecule has 4 fully saturated rings. The predicted octanol–water partition coefficient (Wildman–Crippen LogP) is 5.58. The van der Waals surface area contributed by atoms with E-state index in [9.17, 15) is 19.0 Å². The lowest BCUT2D eigenvalue weighted by Crippen LogP contribution is -2.68. The largest absolute Gasteiger partial charge is 0.390 e. The summed E-state index contributed by atoms with van der Waals surface area (Å²) in [5.74, 6) is -1.81. The number of rotatable bonds is 3. The zero-order chi connectivity index (χ0) is 23.0. The Bertz CT molecular complexity index is 763. The summed E-state index contributed by atoms with van der Waals surface area (Å²) in [5.41, 5.74) is 8.53. The van der Waals surface area contributed by atoms with Gasteiger partial charge >= 0.3 is 0 Å². The van der Waals surface area contributed by atoms with E-state index < -0.39 is 17.6 Å². The Morgan fingerprint density at radius 1 is 1.10 bits per heavy atom. The third kappa shape index (κ3) is 3.52. The Morgan fingerprint density at radius 2 is 1.77 bits per heavy atom. The molecule has 0 amide bonds. The smallest absolute Gasteiger partial charge is 0.276 e. The average Bonchev–Trinajstić information content (AvgIpc) is 3.00. The van der Waals surface area contributed by atoms with Gasteiger partial charge in [-0.2, -0.15) is 0 Å². The van der Waals surface area contributed by atoms with Crippen molar-refractivity contribution in [2.24, 2.45) is 34.3 Å². The highest BCUT2D eigenvalue weighted by Gasteiger charge is 2.65. The molecular weight excluding hydrogens is 396 g/mol. The number of aliphatic hydroxyl groups is 2. The van der Waals surface area contributed by atoms with Crippen molar-refractivity contribution < 1.29 is 19.0 Å². The maximum Gasteiger partial charge on any atom is 0.276 e. The van der Waals surface area contributed by atoms with Gasteiger partial charge in [0.15, 0.2) is 0 Å². The number of halogens is 2. The van der Waals surface area contributed by atoms with E-state index in [1.807, 2.05) is 13.8 Å². The molecule has 5 heteroatoms. The molecule has 3 nitrogen and oxygen atoms in total. The first-order valence-corrected chi connectivity index (χ1v) is 12.4. The molecule has 8 atom stereocenters. The van der Waals surface area contributed by atoms with Crippen molar-refractivity contribution in [2.75, 3.05) is 0 Å². The molecule has 4 aliphatic rings. The van der Waals surface area contributed by atoms with Crippen molar-refractivity contribution in [2.45, 2.75) is 122 Å². The quantitative estimate of drug-likeness (QED) is 0.503. The number of nitrogens with two attached hydrogens (primary N) is 1. The molecule has 0 spiro atoms. The Labute approximate surface area is 186 Å². The van der Waals surface area contributed by atoms with Gasteiger partial charge in [-0.1, -0.05) is 25.0 Å². The fourth-order valence-corrected chi connectivity index (χ4v) is 8.77. The van der Waals surface area contributed by atoms with Gasteiger partial charge in [-0.05, 0) is 107 Å². The van der Waals surface area contributed by atoms with Crippen molar-refractivity contribution in [3.05, 3.63) is 11.1 Å². The van der Waals surface area contributed by atoms with E-state index in [0.29, 0.717) is 17.8 Å². The van der Waals surface area contributed by atoms with Gasteiger partial charge in [0, 0.05) is 12.0 Å². The monoisotopic (exact) mass is 439 g/mol. The number of hydrogen-bond acceptors (Lipinski definition) is 3. The third-order valence-electron chi connectivity index (χ3n) is 10.6. The highest BCUT2D eigenvalue weighted by Crippen LogP contribution is 2.69. The summed E-state index contributed by atoms with van der Waals surface area (Å²) in [6, 6.07) is 0. The molecule has 0 saturated heterocycles. The molecule has 0 bridgehead atoms. The van der Waals surface area contributed by atoms with E-state index in [0.717, 1.165) is 63.4 Å². The van der Waals surface area contributed by atoms with Crippen LogP contribution in [-0.4, -0.2) is 33.4 Å². The lowest BCUT2D eigenvalue weighted by molar-refractivity contribution is -0.149. The minimum Gasteiger partial charge on any atom is -0.390 e. The van der Waals surface area contributed by atoms with Crippen LogP contribution in [0.2, 0.25) is 0 Å². The van der Waals surface area contributed by atoms with Crippen molar-refractivity contribution in [3.63, 3.8) is 0 Å². The summed E-state index contributed by atoms with van der Waals surface area (Å²) in [6.07, 6.45) is 6.66. The van der Waals surface area contributed by atoms with Crippen LogP contribution in [-0.2, 0) is 0 Å². The minimum absolute atomic E-state index is 0.118. The van der Waals surface area contributed by atoms with Gasteiger partial charge in [0.05, 0.1) is 5.60 Å². The molecule has 178 valence electrons. The molecule has 4 N–H and O–H groups in total. The second-order valence-electron chi connectivity index (χ2n) is 12.5. The Balaban J connectivity index is 1.64.